The molecule has 0 radical (unpaired) electrons. The number of ether oxygens (including phenoxy) is 1. The Labute approximate surface area is 158 Å². The molecule has 0 atom stereocenters. The number of rotatable bonds is 7. The third-order valence-electron chi connectivity index (χ3n) is 4.81. The fourth-order valence-electron chi connectivity index (χ4n) is 3.33. The van der Waals surface area contributed by atoms with E-state index in [1.54, 1.807) is 25.4 Å². The van der Waals surface area contributed by atoms with E-state index in [1.165, 1.54) is 9.08 Å². The molecule has 0 bridgehead atoms. The van der Waals surface area contributed by atoms with Gasteiger partial charge in [-0.15, -0.1) is 17.5 Å². The van der Waals surface area contributed by atoms with Gasteiger partial charge in [0, 0.05) is 31.7 Å². The molecule has 0 spiro atoms. The molecule has 26 heavy (non-hydrogen) atoms. The van der Waals surface area contributed by atoms with Crippen molar-refractivity contribution < 1.29 is 9.53 Å². The standard InChI is InChI=1S/C17H25N5O3.ClH/c1-25-13-17(6-8-18-9-7-17)12-19-15(23)5-11-22-16(24)21-10-3-2-4-14(21)20-22;/h2-4,10,18H,5-9,11-13H2,1H3,(H,19,23);1H. The van der Waals surface area contributed by atoms with Crippen LogP contribution in [-0.4, -0.2) is 53.4 Å². The highest BCUT2D eigenvalue weighted by Gasteiger charge is 2.32. The smallest absolute Gasteiger partial charge is 0.350 e. The van der Waals surface area contributed by atoms with Crippen molar-refractivity contribution in [1.82, 2.24) is 24.8 Å². The van der Waals surface area contributed by atoms with E-state index in [1.807, 2.05) is 6.07 Å². The van der Waals surface area contributed by atoms with Crippen LogP contribution in [0.2, 0.25) is 0 Å². The highest BCUT2D eigenvalue weighted by Crippen LogP contribution is 2.28. The van der Waals surface area contributed by atoms with Crippen LogP contribution in [0, 0.1) is 5.41 Å². The molecule has 1 fully saturated rings. The molecule has 1 amide bonds. The van der Waals surface area contributed by atoms with Crippen molar-refractivity contribution >= 4 is 24.0 Å². The lowest BCUT2D eigenvalue weighted by Gasteiger charge is -2.37. The summed E-state index contributed by atoms with van der Waals surface area (Å²) in [7, 11) is 1.70. The molecule has 1 aliphatic rings. The minimum absolute atomic E-state index is 0. The Kier molecular flexibility index (Phi) is 7.19. The number of nitrogens with zero attached hydrogens (tertiary/aromatic N) is 3. The largest absolute Gasteiger partial charge is 0.384 e. The van der Waals surface area contributed by atoms with E-state index >= 15 is 0 Å². The van der Waals surface area contributed by atoms with E-state index < -0.39 is 0 Å². The minimum Gasteiger partial charge on any atom is -0.384 e. The van der Waals surface area contributed by atoms with E-state index in [4.69, 9.17) is 4.74 Å². The molecule has 8 nitrogen and oxygen atoms in total. The molecule has 1 aliphatic heterocycles. The summed E-state index contributed by atoms with van der Waals surface area (Å²) in [5.74, 6) is -0.0713. The van der Waals surface area contributed by atoms with Crippen LogP contribution in [0.3, 0.4) is 0 Å². The van der Waals surface area contributed by atoms with Gasteiger partial charge in [-0.2, -0.15) is 0 Å². The van der Waals surface area contributed by atoms with Gasteiger partial charge in [0.1, 0.15) is 0 Å². The maximum Gasteiger partial charge on any atom is 0.350 e. The van der Waals surface area contributed by atoms with Crippen LogP contribution in [0.1, 0.15) is 19.3 Å². The summed E-state index contributed by atoms with van der Waals surface area (Å²) >= 11 is 0. The summed E-state index contributed by atoms with van der Waals surface area (Å²) in [6.45, 7) is 3.39. The predicted molar refractivity (Wildman–Crippen MR) is 101 cm³/mol. The lowest BCUT2D eigenvalue weighted by atomic mass is 9.79. The Bertz CT molecular complexity index is 777. The summed E-state index contributed by atoms with van der Waals surface area (Å²) in [5.41, 5.74) is 0.356. The van der Waals surface area contributed by atoms with Crippen molar-refractivity contribution in [2.45, 2.75) is 25.8 Å². The molecular weight excluding hydrogens is 358 g/mol. The van der Waals surface area contributed by atoms with Crippen LogP contribution in [0.4, 0.5) is 0 Å². The second-order valence-electron chi connectivity index (χ2n) is 6.64. The summed E-state index contributed by atoms with van der Waals surface area (Å²) in [5, 5.41) is 10.6. The van der Waals surface area contributed by atoms with E-state index in [0.29, 0.717) is 18.8 Å². The number of hydrogen-bond donors (Lipinski definition) is 2. The van der Waals surface area contributed by atoms with Crippen molar-refractivity contribution in [3.8, 4) is 0 Å². The molecule has 3 rings (SSSR count). The molecular formula is C17H26ClN5O3. The number of piperidine rings is 1. The van der Waals surface area contributed by atoms with Gasteiger partial charge in [-0.1, -0.05) is 6.07 Å². The Hall–Kier alpha value is -1.90. The molecule has 2 N–H and O–H groups in total. The van der Waals surface area contributed by atoms with Crippen molar-refractivity contribution in [2.75, 3.05) is 33.4 Å². The monoisotopic (exact) mass is 383 g/mol. The minimum atomic E-state index is -0.224. The van der Waals surface area contributed by atoms with Crippen LogP contribution < -0.4 is 16.3 Å². The van der Waals surface area contributed by atoms with Gasteiger partial charge in [0.25, 0.3) is 0 Å². The average molecular weight is 384 g/mol. The zero-order valence-corrected chi connectivity index (χ0v) is 15.8. The first-order valence-electron chi connectivity index (χ1n) is 8.64. The van der Waals surface area contributed by atoms with Crippen LogP contribution in [-0.2, 0) is 16.1 Å². The average Bonchev–Trinajstić information content (AvgIpc) is 2.96. The quantitative estimate of drug-likeness (QED) is 0.724. The molecule has 0 unspecified atom stereocenters. The zero-order chi connectivity index (χ0) is 17.7. The Morgan fingerprint density at radius 1 is 1.38 bits per heavy atom. The van der Waals surface area contributed by atoms with Crippen LogP contribution in [0.25, 0.3) is 5.65 Å². The summed E-state index contributed by atoms with van der Waals surface area (Å²) in [6.07, 6.45) is 3.86. The molecule has 1 saturated heterocycles. The highest BCUT2D eigenvalue weighted by molar-refractivity contribution is 5.85. The second kappa shape index (κ2) is 9.16. The molecule has 144 valence electrons. The van der Waals surface area contributed by atoms with Gasteiger partial charge in [0.05, 0.1) is 13.2 Å². The Morgan fingerprint density at radius 3 is 2.85 bits per heavy atom. The third-order valence-corrected chi connectivity index (χ3v) is 4.81. The number of pyridine rings is 1. The predicted octanol–water partition coefficient (Wildman–Crippen LogP) is 0.440. The van der Waals surface area contributed by atoms with Crippen molar-refractivity contribution in [1.29, 1.82) is 0 Å². The number of hydrogen-bond acceptors (Lipinski definition) is 5. The lowest BCUT2D eigenvalue weighted by molar-refractivity contribution is -0.122. The fourth-order valence-corrected chi connectivity index (χ4v) is 3.33. The first kappa shape index (κ1) is 20.4. The molecule has 0 aliphatic carbocycles. The van der Waals surface area contributed by atoms with Gasteiger partial charge in [-0.25, -0.2) is 9.48 Å². The second-order valence-corrected chi connectivity index (χ2v) is 6.64. The highest BCUT2D eigenvalue weighted by atomic mass is 35.5. The van der Waals surface area contributed by atoms with Gasteiger partial charge in [-0.05, 0) is 38.1 Å². The maximum atomic E-state index is 12.2. The number of amides is 1. The zero-order valence-electron chi connectivity index (χ0n) is 14.9. The number of methoxy groups -OCH3 is 1. The van der Waals surface area contributed by atoms with Gasteiger partial charge in [-0.3, -0.25) is 9.20 Å². The lowest BCUT2D eigenvalue weighted by Crippen LogP contribution is -2.47. The third kappa shape index (κ3) is 4.63. The number of carbonyl (C=O) groups is 1. The Balaban J connectivity index is 0.00000243. The normalized spacial score (nSPS) is 16.2. The van der Waals surface area contributed by atoms with Gasteiger partial charge < -0.3 is 15.4 Å². The SMILES string of the molecule is COCC1(CNC(=O)CCn2nc3ccccn3c2=O)CCNCC1.Cl. The van der Waals surface area contributed by atoms with Crippen LogP contribution in [0.15, 0.2) is 29.2 Å². The molecule has 2 aromatic rings. The number of aryl methyl sites for hydroxylation is 1. The van der Waals surface area contributed by atoms with Crippen molar-refractivity contribution in [2.24, 2.45) is 5.41 Å². The van der Waals surface area contributed by atoms with Gasteiger partial charge >= 0.3 is 5.69 Å². The van der Waals surface area contributed by atoms with Crippen LogP contribution >= 0.6 is 12.4 Å². The molecule has 0 saturated carbocycles. The first-order chi connectivity index (χ1) is 12.1. The summed E-state index contributed by atoms with van der Waals surface area (Å²) < 4.78 is 8.17. The first-order valence-corrected chi connectivity index (χ1v) is 8.64. The number of fused-ring (bicyclic) bond motifs is 1. The summed E-state index contributed by atoms with van der Waals surface area (Å²) in [4.78, 5) is 24.4. The number of halogens is 1. The number of aromatic nitrogens is 3. The molecule has 2 aromatic heterocycles. The molecule has 3 heterocycles. The number of nitrogens with one attached hydrogen (secondary N) is 2. The van der Waals surface area contributed by atoms with E-state index in [-0.39, 0.29) is 42.4 Å². The van der Waals surface area contributed by atoms with E-state index in [2.05, 4.69) is 15.7 Å². The maximum absolute atomic E-state index is 12.2. The fraction of sp³-hybridized carbons (Fsp3) is 0.588. The molecule has 9 heteroatoms. The van der Waals surface area contributed by atoms with Gasteiger partial charge in [0.15, 0.2) is 5.65 Å². The van der Waals surface area contributed by atoms with Crippen LogP contribution in [0.5, 0.6) is 0 Å². The molecule has 0 aromatic carbocycles. The number of carbonyl (C=O) groups excluding carboxylic acids is 1. The topological polar surface area (TPSA) is 89.7 Å². The van der Waals surface area contributed by atoms with E-state index in [9.17, 15) is 9.59 Å². The Morgan fingerprint density at radius 2 is 2.15 bits per heavy atom. The van der Waals surface area contributed by atoms with E-state index in [0.717, 1.165) is 25.9 Å². The van der Waals surface area contributed by atoms with Crippen molar-refractivity contribution in [3.63, 3.8) is 0 Å². The van der Waals surface area contributed by atoms with Gasteiger partial charge in [0.2, 0.25) is 5.91 Å². The van der Waals surface area contributed by atoms with Crippen molar-refractivity contribution in [3.05, 3.63) is 34.9 Å². The summed E-state index contributed by atoms with van der Waals surface area (Å²) in [6, 6.07) is 5.37.